The van der Waals surface area contributed by atoms with Crippen LogP contribution < -0.4 is 5.32 Å². The maximum Gasteiger partial charge on any atom is 0.193 e. The molecule has 1 aliphatic rings. The van der Waals surface area contributed by atoms with Gasteiger partial charge < -0.3 is 19.4 Å². The largest absolute Gasteiger partial charge is 0.372 e. The molecule has 0 unspecified atom stereocenters. The van der Waals surface area contributed by atoms with Crippen molar-refractivity contribution in [3.63, 3.8) is 0 Å². The molecule has 0 amide bonds. The predicted molar refractivity (Wildman–Crippen MR) is 121 cm³/mol. The number of aliphatic imine (C=N–C) groups is 1. The van der Waals surface area contributed by atoms with Gasteiger partial charge in [0.25, 0.3) is 0 Å². The van der Waals surface area contributed by atoms with E-state index in [1.54, 1.807) is 0 Å². The first-order chi connectivity index (χ1) is 12.3. The fraction of sp³-hybridized carbons (Fsp3) is 0.579. The summed E-state index contributed by atoms with van der Waals surface area (Å²) >= 11 is 6.03. The van der Waals surface area contributed by atoms with Crippen LogP contribution in [0.4, 0.5) is 0 Å². The number of imidazole rings is 1. The van der Waals surface area contributed by atoms with Crippen molar-refractivity contribution in [3.05, 3.63) is 35.2 Å². The maximum absolute atomic E-state index is 6.10. The van der Waals surface area contributed by atoms with Crippen molar-refractivity contribution in [3.8, 4) is 0 Å². The summed E-state index contributed by atoms with van der Waals surface area (Å²) in [5.74, 6) is 0.911. The SMILES string of the molecule is CN=C(NCc1cn2cc(Cl)ccc2n1)N1CCC(OC(C)(C)C)CC1.I. The highest BCUT2D eigenvalue weighted by atomic mass is 127. The third kappa shape index (κ3) is 6.22. The number of aromatic nitrogens is 2. The number of ether oxygens (including phenoxy) is 1. The van der Waals surface area contributed by atoms with Crippen molar-refractivity contribution in [2.45, 2.75) is 51.9 Å². The van der Waals surface area contributed by atoms with Gasteiger partial charge in [0.05, 0.1) is 29.0 Å². The van der Waals surface area contributed by atoms with Crippen molar-refractivity contribution in [1.82, 2.24) is 19.6 Å². The predicted octanol–water partition coefficient (Wildman–Crippen LogP) is 3.96. The number of piperidine rings is 1. The summed E-state index contributed by atoms with van der Waals surface area (Å²) in [4.78, 5) is 11.3. The van der Waals surface area contributed by atoms with Crippen molar-refractivity contribution in [2.75, 3.05) is 20.1 Å². The molecule has 1 aliphatic heterocycles. The molecule has 1 saturated heterocycles. The molecule has 150 valence electrons. The Morgan fingerprint density at radius 2 is 2.00 bits per heavy atom. The molecule has 0 aliphatic carbocycles. The fourth-order valence-corrected chi connectivity index (χ4v) is 3.46. The molecule has 2 aromatic rings. The second kappa shape index (κ2) is 9.43. The van der Waals surface area contributed by atoms with E-state index in [4.69, 9.17) is 16.3 Å². The van der Waals surface area contributed by atoms with E-state index in [-0.39, 0.29) is 29.6 Å². The molecule has 0 atom stereocenters. The van der Waals surface area contributed by atoms with Gasteiger partial charge in [-0.1, -0.05) is 11.6 Å². The average molecular weight is 506 g/mol. The lowest BCUT2D eigenvalue weighted by Crippen LogP contribution is -2.47. The van der Waals surface area contributed by atoms with Crippen LogP contribution in [-0.4, -0.2) is 52.1 Å². The zero-order valence-corrected chi connectivity index (χ0v) is 19.5. The first kappa shape index (κ1) is 22.2. The second-order valence-electron chi connectivity index (χ2n) is 7.66. The lowest BCUT2D eigenvalue weighted by atomic mass is 10.1. The van der Waals surface area contributed by atoms with Crippen LogP contribution in [0.1, 0.15) is 39.3 Å². The van der Waals surface area contributed by atoms with E-state index in [2.05, 4.69) is 41.0 Å². The summed E-state index contributed by atoms with van der Waals surface area (Å²) in [7, 11) is 1.82. The fourth-order valence-electron chi connectivity index (χ4n) is 3.29. The quantitative estimate of drug-likeness (QED) is 0.390. The summed E-state index contributed by atoms with van der Waals surface area (Å²) in [5.41, 5.74) is 1.76. The van der Waals surface area contributed by atoms with Crippen molar-refractivity contribution in [1.29, 1.82) is 0 Å². The number of halogens is 2. The summed E-state index contributed by atoms with van der Waals surface area (Å²) in [6.07, 6.45) is 6.22. The molecular weight excluding hydrogens is 477 g/mol. The van der Waals surface area contributed by atoms with Gasteiger partial charge in [0.1, 0.15) is 5.65 Å². The number of likely N-dealkylation sites (tertiary alicyclic amines) is 1. The molecule has 0 radical (unpaired) electrons. The Bertz CT molecular complexity index is 778. The van der Waals surface area contributed by atoms with E-state index in [1.165, 1.54) is 0 Å². The van der Waals surface area contributed by atoms with E-state index < -0.39 is 0 Å². The van der Waals surface area contributed by atoms with Crippen LogP contribution in [0.15, 0.2) is 29.5 Å². The number of fused-ring (bicyclic) bond motifs is 1. The van der Waals surface area contributed by atoms with Crippen molar-refractivity contribution >= 4 is 47.2 Å². The number of hydrogen-bond donors (Lipinski definition) is 1. The first-order valence-electron chi connectivity index (χ1n) is 9.10. The van der Waals surface area contributed by atoms with Crippen LogP contribution in [0.25, 0.3) is 5.65 Å². The Morgan fingerprint density at radius 1 is 1.30 bits per heavy atom. The maximum atomic E-state index is 6.10. The van der Waals surface area contributed by atoms with Gasteiger partial charge in [0.2, 0.25) is 0 Å². The molecular formula is C19H29ClIN5O. The lowest BCUT2D eigenvalue weighted by Gasteiger charge is -2.36. The number of pyridine rings is 1. The molecule has 0 spiro atoms. The van der Waals surface area contributed by atoms with Crippen LogP contribution in [0.3, 0.4) is 0 Å². The van der Waals surface area contributed by atoms with E-state index in [0.717, 1.165) is 43.2 Å². The Balaban J connectivity index is 0.00000261. The summed E-state index contributed by atoms with van der Waals surface area (Å²) in [6, 6.07) is 3.77. The molecule has 2 aromatic heterocycles. The third-order valence-electron chi connectivity index (χ3n) is 4.37. The summed E-state index contributed by atoms with van der Waals surface area (Å²) in [6.45, 7) is 8.86. The lowest BCUT2D eigenvalue weighted by molar-refractivity contribution is -0.0772. The Hall–Kier alpha value is -1.06. The highest BCUT2D eigenvalue weighted by Crippen LogP contribution is 2.20. The minimum absolute atomic E-state index is 0. The van der Waals surface area contributed by atoms with E-state index >= 15 is 0 Å². The highest BCUT2D eigenvalue weighted by molar-refractivity contribution is 14.0. The number of nitrogens with one attached hydrogen (secondary N) is 1. The zero-order valence-electron chi connectivity index (χ0n) is 16.4. The Labute approximate surface area is 183 Å². The molecule has 1 fully saturated rings. The normalized spacial score (nSPS) is 16.5. The van der Waals surface area contributed by atoms with Gasteiger partial charge in [-0.05, 0) is 45.7 Å². The van der Waals surface area contributed by atoms with Crippen molar-refractivity contribution < 1.29 is 4.74 Å². The van der Waals surface area contributed by atoms with Gasteiger partial charge in [-0.2, -0.15) is 0 Å². The summed E-state index contributed by atoms with van der Waals surface area (Å²) in [5, 5.41) is 4.12. The standard InChI is InChI=1S/C19H28ClN5O.HI/c1-19(2,3)26-16-7-9-24(10-8-16)18(21-4)22-11-15-13-25-12-14(20)5-6-17(25)23-15;/h5-6,12-13,16H,7-11H2,1-4H3,(H,21,22);1H. The van der Waals surface area contributed by atoms with Crippen LogP contribution in [-0.2, 0) is 11.3 Å². The molecule has 1 N–H and O–H groups in total. The van der Waals surface area contributed by atoms with Gasteiger partial charge in [-0.15, -0.1) is 24.0 Å². The van der Waals surface area contributed by atoms with Crippen LogP contribution >= 0.6 is 35.6 Å². The Kier molecular flexibility index (Phi) is 7.76. The minimum Gasteiger partial charge on any atom is -0.372 e. The number of guanidine groups is 1. The van der Waals surface area contributed by atoms with Gasteiger partial charge in [-0.25, -0.2) is 4.98 Å². The van der Waals surface area contributed by atoms with Gasteiger partial charge in [0, 0.05) is 32.5 Å². The molecule has 0 saturated carbocycles. The number of hydrogen-bond acceptors (Lipinski definition) is 3. The second-order valence-corrected chi connectivity index (χ2v) is 8.10. The number of nitrogens with zero attached hydrogens (tertiary/aromatic N) is 4. The highest BCUT2D eigenvalue weighted by Gasteiger charge is 2.25. The topological polar surface area (TPSA) is 54.2 Å². The van der Waals surface area contributed by atoms with Crippen LogP contribution in [0.2, 0.25) is 5.02 Å². The molecule has 3 heterocycles. The number of rotatable bonds is 3. The smallest absolute Gasteiger partial charge is 0.193 e. The van der Waals surface area contributed by atoms with Crippen molar-refractivity contribution in [2.24, 2.45) is 4.99 Å². The van der Waals surface area contributed by atoms with Gasteiger partial charge in [0.15, 0.2) is 5.96 Å². The average Bonchev–Trinajstić information content (AvgIpc) is 2.97. The molecule has 0 aromatic carbocycles. The summed E-state index contributed by atoms with van der Waals surface area (Å²) < 4.78 is 8.04. The van der Waals surface area contributed by atoms with E-state index in [1.807, 2.05) is 36.0 Å². The van der Waals surface area contributed by atoms with E-state index in [0.29, 0.717) is 17.7 Å². The monoisotopic (exact) mass is 505 g/mol. The van der Waals surface area contributed by atoms with Crippen LogP contribution in [0, 0.1) is 0 Å². The van der Waals surface area contributed by atoms with Gasteiger partial charge in [-0.3, -0.25) is 4.99 Å². The minimum atomic E-state index is -0.0845. The zero-order chi connectivity index (χ0) is 18.7. The van der Waals surface area contributed by atoms with E-state index in [9.17, 15) is 0 Å². The Morgan fingerprint density at radius 3 is 2.63 bits per heavy atom. The first-order valence-corrected chi connectivity index (χ1v) is 9.48. The third-order valence-corrected chi connectivity index (χ3v) is 4.59. The molecule has 27 heavy (non-hydrogen) atoms. The molecule has 6 nitrogen and oxygen atoms in total. The van der Waals surface area contributed by atoms with Gasteiger partial charge >= 0.3 is 0 Å². The molecule has 3 rings (SSSR count). The van der Waals surface area contributed by atoms with Crippen LogP contribution in [0.5, 0.6) is 0 Å². The molecule has 0 bridgehead atoms. The molecule has 8 heteroatoms.